The van der Waals surface area contributed by atoms with Gasteiger partial charge in [-0.05, 0) is 47.8 Å². The van der Waals surface area contributed by atoms with E-state index in [1.165, 1.54) is 15.9 Å². The molecule has 0 saturated heterocycles. The van der Waals surface area contributed by atoms with Crippen LogP contribution in [0.3, 0.4) is 0 Å². The Morgan fingerprint density at radius 3 is 2.73 bits per heavy atom. The number of carbonyl (C=O) groups is 1. The van der Waals surface area contributed by atoms with Gasteiger partial charge >= 0.3 is 0 Å². The number of nitrogens with zero attached hydrogens (tertiary/aromatic N) is 3. The van der Waals surface area contributed by atoms with Gasteiger partial charge in [0.25, 0.3) is 5.56 Å². The quantitative estimate of drug-likeness (QED) is 0.350. The number of thioether (sulfide) groups is 1. The van der Waals surface area contributed by atoms with Crippen molar-refractivity contribution in [3.63, 3.8) is 0 Å². The first-order valence-electron chi connectivity index (χ1n) is 8.75. The standard InChI is InChI=1S/C21H13ClN4O2S2/c22-14-5-7-15(8-6-14)26-20(28)16-3-1-2-4-17(16)24-21(26)30-12-18(27)25-19-13(11-23)9-10-29-19/h1-10H,12H2,(H,25,27). The lowest BCUT2D eigenvalue weighted by atomic mass is 10.2. The van der Waals surface area contributed by atoms with Gasteiger partial charge < -0.3 is 5.32 Å². The highest BCUT2D eigenvalue weighted by Crippen LogP contribution is 2.25. The van der Waals surface area contributed by atoms with Crippen LogP contribution in [0.1, 0.15) is 5.56 Å². The number of aromatic nitrogens is 2. The summed E-state index contributed by atoms with van der Waals surface area (Å²) in [5, 5.41) is 15.5. The molecule has 0 fully saturated rings. The molecule has 30 heavy (non-hydrogen) atoms. The summed E-state index contributed by atoms with van der Waals surface area (Å²) in [5.41, 5.74) is 1.35. The Bertz CT molecular complexity index is 1340. The first kappa shape index (κ1) is 20.2. The first-order valence-corrected chi connectivity index (χ1v) is 11.0. The SMILES string of the molecule is N#Cc1ccsc1NC(=O)CSc1nc2ccccc2c(=O)n1-c1ccc(Cl)cc1. The minimum atomic E-state index is -0.288. The van der Waals surface area contributed by atoms with Gasteiger partial charge in [-0.3, -0.25) is 14.2 Å². The normalized spacial score (nSPS) is 10.7. The average molecular weight is 453 g/mol. The summed E-state index contributed by atoms with van der Waals surface area (Å²) in [6.45, 7) is 0. The van der Waals surface area contributed by atoms with Gasteiger partial charge in [0.1, 0.15) is 11.1 Å². The molecule has 0 atom stereocenters. The second-order valence-electron chi connectivity index (χ2n) is 6.14. The summed E-state index contributed by atoms with van der Waals surface area (Å²) in [4.78, 5) is 30.2. The second kappa shape index (κ2) is 8.71. The number of carbonyl (C=O) groups excluding carboxylic acids is 1. The van der Waals surface area contributed by atoms with Crippen LogP contribution in [0.15, 0.2) is 69.9 Å². The van der Waals surface area contributed by atoms with Crippen LogP contribution in [0.2, 0.25) is 5.02 Å². The van der Waals surface area contributed by atoms with Crippen molar-refractivity contribution in [1.82, 2.24) is 9.55 Å². The smallest absolute Gasteiger partial charge is 0.266 e. The predicted molar refractivity (Wildman–Crippen MR) is 121 cm³/mol. The van der Waals surface area contributed by atoms with E-state index in [0.29, 0.717) is 37.3 Å². The number of thiophene rings is 1. The van der Waals surface area contributed by atoms with Crippen molar-refractivity contribution in [2.24, 2.45) is 0 Å². The molecule has 4 aromatic rings. The fourth-order valence-electron chi connectivity index (χ4n) is 2.81. The van der Waals surface area contributed by atoms with Crippen molar-refractivity contribution in [1.29, 1.82) is 5.26 Å². The molecule has 0 aliphatic heterocycles. The van der Waals surface area contributed by atoms with E-state index in [1.54, 1.807) is 53.9 Å². The third kappa shape index (κ3) is 4.09. The minimum absolute atomic E-state index is 0.0289. The van der Waals surface area contributed by atoms with E-state index in [4.69, 9.17) is 16.9 Å². The molecule has 2 aromatic heterocycles. The first-order chi connectivity index (χ1) is 14.6. The van der Waals surface area contributed by atoms with Crippen LogP contribution in [0.25, 0.3) is 16.6 Å². The van der Waals surface area contributed by atoms with Gasteiger partial charge in [0.15, 0.2) is 5.16 Å². The van der Waals surface area contributed by atoms with E-state index in [1.807, 2.05) is 12.1 Å². The van der Waals surface area contributed by atoms with Crippen LogP contribution in [0, 0.1) is 11.3 Å². The van der Waals surface area contributed by atoms with Gasteiger partial charge in [-0.1, -0.05) is 35.5 Å². The largest absolute Gasteiger partial charge is 0.316 e. The minimum Gasteiger partial charge on any atom is -0.316 e. The second-order valence-corrected chi connectivity index (χ2v) is 8.44. The maximum absolute atomic E-state index is 13.2. The maximum Gasteiger partial charge on any atom is 0.266 e. The summed E-state index contributed by atoms with van der Waals surface area (Å²) in [5.74, 6) is -0.259. The topological polar surface area (TPSA) is 87.8 Å². The molecule has 0 aliphatic rings. The van der Waals surface area contributed by atoms with Crippen molar-refractivity contribution >= 4 is 56.5 Å². The number of hydrogen-bond acceptors (Lipinski definition) is 6. The number of anilines is 1. The molecular weight excluding hydrogens is 440 g/mol. The van der Waals surface area contributed by atoms with Crippen LogP contribution in [0.5, 0.6) is 0 Å². The summed E-state index contributed by atoms with van der Waals surface area (Å²) in [6.07, 6.45) is 0. The van der Waals surface area contributed by atoms with Gasteiger partial charge in [0.2, 0.25) is 5.91 Å². The lowest BCUT2D eigenvalue weighted by molar-refractivity contribution is -0.113. The van der Waals surface area contributed by atoms with Crippen LogP contribution in [-0.2, 0) is 4.79 Å². The zero-order chi connectivity index (χ0) is 21.1. The highest BCUT2D eigenvalue weighted by Gasteiger charge is 2.15. The number of nitriles is 1. The van der Waals surface area contributed by atoms with Crippen molar-refractivity contribution in [3.8, 4) is 11.8 Å². The van der Waals surface area contributed by atoms with Crippen molar-refractivity contribution in [3.05, 3.63) is 80.9 Å². The fraction of sp³-hybridized carbons (Fsp3) is 0.0476. The molecule has 0 spiro atoms. The summed E-state index contributed by atoms with van der Waals surface area (Å²) in [6, 6.07) is 17.6. The lowest BCUT2D eigenvalue weighted by Gasteiger charge is -2.13. The molecule has 1 amide bonds. The lowest BCUT2D eigenvalue weighted by Crippen LogP contribution is -2.22. The highest BCUT2D eigenvalue weighted by molar-refractivity contribution is 7.99. The van der Waals surface area contributed by atoms with Crippen LogP contribution in [0.4, 0.5) is 5.00 Å². The molecule has 0 aliphatic carbocycles. The van der Waals surface area contributed by atoms with Crippen LogP contribution in [-0.4, -0.2) is 21.2 Å². The van der Waals surface area contributed by atoms with Gasteiger partial charge in [-0.2, -0.15) is 5.26 Å². The average Bonchev–Trinajstić information content (AvgIpc) is 3.20. The molecule has 2 aromatic carbocycles. The summed E-state index contributed by atoms with van der Waals surface area (Å²) < 4.78 is 1.47. The van der Waals surface area contributed by atoms with E-state index in [0.717, 1.165) is 11.8 Å². The third-order valence-electron chi connectivity index (χ3n) is 4.20. The third-order valence-corrected chi connectivity index (χ3v) is 6.22. The molecule has 4 rings (SSSR count). The highest BCUT2D eigenvalue weighted by atomic mass is 35.5. The van der Waals surface area contributed by atoms with Gasteiger partial charge in [0.05, 0.1) is 27.9 Å². The summed E-state index contributed by atoms with van der Waals surface area (Å²) >= 11 is 8.42. The molecule has 9 heteroatoms. The number of rotatable bonds is 5. The number of amides is 1. The number of para-hydroxylation sites is 1. The predicted octanol–water partition coefficient (Wildman–Crippen LogP) is 4.70. The Kier molecular flexibility index (Phi) is 5.86. The van der Waals surface area contributed by atoms with Crippen molar-refractivity contribution < 1.29 is 4.79 Å². The van der Waals surface area contributed by atoms with Crippen molar-refractivity contribution in [2.45, 2.75) is 5.16 Å². The molecule has 1 N–H and O–H groups in total. The van der Waals surface area contributed by atoms with E-state index in [2.05, 4.69) is 10.3 Å². The molecule has 2 heterocycles. The number of benzene rings is 2. The summed E-state index contributed by atoms with van der Waals surface area (Å²) in [7, 11) is 0. The Labute approximate surface area is 184 Å². The number of hydrogen-bond donors (Lipinski definition) is 1. The van der Waals surface area contributed by atoms with Crippen molar-refractivity contribution in [2.75, 3.05) is 11.1 Å². The Hall–Kier alpha value is -3.12. The van der Waals surface area contributed by atoms with Gasteiger partial charge in [-0.15, -0.1) is 11.3 Å². The Morgan fingerprint density at radius 2 is 1.97 bits per heavy atom. The molecule has 0 bridgehead atoms. The molecule has 0 saturated carbocycles. The molecule has 148 valence electrons. The fourth-order valence-corrected chi connectivity index (χ4v) is 4.51. The van der Waals surface area contributed by atoms with E-state index in [9.17, 15) is 9.59 Å². The van der Waals surface area contributed by atoms with Crippen LogP contribution >= 0.6 is 34.7 Å². The molecule has 6 nitrogen and oxygen atoms in total. The van der Waals surface area contributed by atoms with Gasteiger partial charge in [0, 0.05) is 5.02 Å². The van der Waals surface area contributed by atoms with E-state index < -0.39 is 0 Å². The Morgan fingerprint density at radius 1 is 1.20 bits per heavy atom. The molecular formula is C21H13ClN4O2S2. The Balaban J connectivity index is 1.68. The zero-order valence-corrected chi connectivity index (χ0v) is 17.7. The maximum atomic E-state index is 13.2. The zero-order valence-electron chi connectivity index (χ0n) is 15.3. The van der Waals surface area contributed by atoms with Crippen LogP contribution < -0.4 is 10.9 Å². The number of nitrogens with one attached hydrogen (secondary N) is 1. The number of halogens is 1. The van der Waals surface area contributed by atoms with Gasteiger partial charge in [-0.25, -0.2) is 4.98 Å². The van der Waals surface area contributed by atoms with E-state index in [-0.39, 0.29) is 17.2 Å². The van der Waals surface area contributed by atoms with E-state index >= 15 is 0 Å². The molecule has 0 radical (unpaired) electrons. The number of fused-ring (bicyclic) bond motifs is 1. The monoisotopic (exact) mass is 452 g/mol. The molecule has 0 unspecified atom stereocenters.